The molecule has 2 aromatic rings. The molecule has 2 fully saturated rings. The van der Waals surface area contributed by atoms with Crippen LogP contribution in [0.15, 0.2) is 30.3 Å². The van der Waals surface area contributed by atoms with E-state index in [1.807, 2.05) is 39.0 Å². The van der Waals surface area contributed by atoms with Crippen molar-refractivity contribution in [3.8, 4) is 11.5 Å². The van der Waals surface area contributed by atoms with Gasteiger partial charge in [-0.1, -0.05) is 38.1 Å². The Kier molecular flexibility index (Phi) is 8.58. The number of carbonyl (C=O) groups is 4. The van der Waals surface area contributed by atoms with Crippen molar-refractivity contribution in [2.45, 2.75) is 58.0 Å². The van der Waals surface area contributed by atoms with E-state index in [0.717, 1.165) is 11.1 Å². The molecule has 11 nitrogen and oxygen atoms in total. The number of amides is 4. The topological polar surface area (TPSA) is 160 Å². The molecule has 2 aliphatic rings. The lowest BCUT2D eigenvalue weighted by Gasteiger charge is -2.32. The fourth-order valence-electron chi connectivity index (χ4n) is 6.54. The SMILES string of the molecule is CCc1cccc(CC)c1N1C(=O)C2C(c3ccc(OC)c(C)c3OC)NC(CCCNC(N)=O)(C(=O)O)C2C1=O. The number of carboxylic acids is 1. The molecule has 0 spiro atoms. The summed E-state index contributed by atoms with van der Waals surface area (Å²) in [6, 6.07) is 7.56. The number of nitrogens with two attached hydrogens (primary N) is 1. The molecule has 0 radical (unpaired) electrons. The molecular weight excluding hydrogens is 528 g/mol. The number of para-hydroxylation sites is 1. The Morgan fingerprint density at radius 3 is 2.27 bits per heavy atom. The van der Waals surface area contributed by atoms with Crippen molar-refractivity contribution in [1.29, 1.82) is 0 Å². The maximum atomic E-state index is 14.4. The smallest absolute Gasteiger partial charge is 0.324 e. The first kappa shape index (κ1) is 29.9. The normalized spacial score (nSPS) is 23.4. The highest BCUT2D eigenvalue weighted by Crippen LogP contribution is 2.54. The summed E-state index contributed by atoms with van der Waals surface area (Å²) in [6.07, 6.45) is 1.36. The van der Waals surface area contributed by atoms with Gasteiger partial charge in [0.05, 0.1) is 31.7 Å². The first-order valence-electron chi connectivity index (χ1n) is 13.8. The summed E-state index contributed by atoms with van der Waals surface area (Å²) in [7, 11) is 3.03. The number of hydrogen-bond acceptors (Lipinski definition) is 7. The van der Waals surface area contributed by atoms with Gasteiger partial charge in [-0.2, -0.15) is 0 Å². The van der Waals surface area contributed by atoms with Crippen LogP contribution in [0.25, 0.3) is 0 Å². The van der Waals surface area contributed by atoms with E-state index in [1.54, 1.807) is 12.1 Å². The van der Waals surface area contributed by atoms with Crippen molar-refractivity contribution in [1.82, 2.24) is 10.6 Å². The van der Waals surface area contributed by atoms with Crippen LogP contribution in [0.2, 0.25) is 0 Å². The molecule has 0 aliphatic carbocycles. The maximum Gasteiger partial charge on any atom is 0.324 e. The number of methoxy groups -OCH3 is 2. The van der Waals surface area contributed by atoms with Crippen LogP contribution >= 0.6 is 0 Å². The Bertz CT molecular complexity index is 1350. The highest BCUT2D eigenvalue weighted by molar-refractivity contribution is 6.25. The molecule has 2 saturated heterocycles. The second-order valence-corrected chi connectivity index (χ2v) is 10.5. The second-order valence-electron chi connectivity index (χ2n) is 10.5. The van der Waals surface area contributed by atoms with Crippen LogP contribution in [0.1, 0.15) is 55.0 Å². The van der Waals surface area contributed by atoms with E-state index in [0.29, 0.717) is 41.2 Å². The highest BCUT2D eigenvalue weighted by atomic mass is 16.5. The first-order valence-corrected chi connectivity index (χ1v) is 13.8. The van der Waals surface area contributed by atoms with Crippen LogP contribution in [0.4, 0.5) is 10.5 Å². The van der Waals surface area contributed by atoms with E-state index in [4.69, 9.17) is 15.2 Å². The third-order valence-electron chi connectivity index (χ3n) is 8.42. The van der Waals surface area contributed by atoms with Crippen LogP contribution in [0, 0.1) is 18.8 Å². The summed E-state index contributed by atoms with van der Waals surface area (Å²) in [5, 5.41) is 16.4. The summed E-state index contributed by atoms with van der Waals surface area (Å²) in [5.74, 6) is -3.46. The van der Waals surface area contributed by atoms with E-state index in [9.17, 15) is 24.3 Å². The number of primary amides is 1. The van der Waals surface area contributed by atoms with Gasteiger partial charge in [0, 0.05) is 23.7 Å². The molecule has 0 aromatic heterocycles. The van der Waals surface area contributed by atoms with Gasteiger partial charge < -0.3 is 25.6 Å². The average molecular weight is 567 g/mol. The third-order valence-corrected chi connectivity index (χ3v) is 8.42. The second kappa shape index (κ2) is 11.8. The molecule has 220 valence electrons. The quantitative estimate of drug-likeness (QED) is 0.239. The lowest BCUT2D eigenvalue weighted by atomic mass is 9.76. The lowest BCUT2D eigenvalue weighted by molar-refractivity contribution is -0.149. The summed E-state index contributed by atoms with van der Waals surface area (Å²) in [6.45, 7) is 5.83. The third kappa shape index (κ3) is 4.88. The minimum absolute atomic E-state index is 0.0271. The predicted octanol–water partition coefficient (Wildman–Crippen LogP) is 2.86. The number of urea groups is 1. The minimum atomic E-state index is -1.79. The molecule has 4 rings (SSSR count). The fraction of sp³-hybridized carbons (Fsp3) is 0.467. The van der Waals surface area contributed by atoms with Crippen LogP contribution in [-0.4, -0.2) is 55.2 Å². The first-order chi connectivity index (χ1) is 19.6. The van der Waals surface area contributed by atoms with Crippen molar-refractivity contribution in [2.75, 3.05) is 25.7 Å². The molecule has 4 atom stereocenters. The molecule has 5 N–H and O–H groups in total. The van der Waals surface area contributed by atoms with E-state index in [-0.39, 0.29) is 19.4 Å². The zero-order chi connectivity index (χ0) is 30.1. The molecule has 4 amide bonds. The number of nitrogens with zero attached hydrogens (tertiary/aromatic N) is 1. The highest BCUT2D eigenvalue weighted by Gasteiger charge is 2.69. The number of aryl methyl sites for hydroxylation is 2. The van der Waals surface area contributed by atoms with Gasteiger partial charge in [0.1, 0.15) is 17.0 Å². The molecule has 2 heterocycles. The van der Waals surface area contributed by atoms with Crippen molar-refractivity contribution < 1.29 is 33.8 Å². The summed E-state index contributed by atoms with van der Waals surface area (Å²) in [5.41, 5.74) is 6.85. The van der Waals surface area contributed by atoms with Gasteiger partial charge in [0.15, 0.2) is 0 Å². The molecule has 2 aliphatic heterocycles. The summed E-state index contributed by atoms with van der Waals surface area (Å²) < 4.78 is 11.2. The van der Waals surface area contributed by atoms with Crippen LogP contribution in [-0.2, 0) is 27.2 Å². The molecule has 2 aromatic carbocycles. The van der Waals surface area contributed by atoms with Crippen LogP contribution in [0.3, 0.4) is 0 Å². The Hall–Kier alpha value is -4.12. The monoisotopic (exact) mass is 566 g/mol. The Morgan fingerprint density at radius 2 is 1.73 bits per heavy atom. The lowest BCUT2D eigenvalue weighted by Crippen LogP contribution is -2.56. The number of fused-ring (bicyclic) bond motifs is 1. The fourth-order valence-corrected chi connectivity index (χ4v) is 6.54. The molecule has 41 heavy (non-hydrogen) atoms. The number of anilines is 1. The molecular formula is C30H38N4O7. The number of benzene rings is 2. The summed E-state index contributed by atoms with van der Waals surface area (Å²) >= 11 is 0. The van der Waals surface area contributed by atoms with Gasteiger partial charge in [-0.3, -0.25) is 19.7 Å². The number of rotatable bonds is 11. The Morgan fingerprint density at radius 1 is 1.07 bits per heavy atom. The number of ether oxygens (including phenoxy) is 2. The Labute approximate surface area is 239 Å². The van der Waals surface area contributed by atoms with Gasteiger partial charge in [-0.25, -0.2) is 9.69 Å². The zero-order valence-electron chi connectivity index (χ0n) is 24.1. The maximum absolute atomic E-state index is 14.4. The average Bonchev–Trinajstić information content (AvgIpc) is 3.43. The predicted molar refractivity (Wildman–Crippen MR) is 152 cm³/mol. The largest absolute Gasteiger partial charge is 0.496 e. The van der Waals surface area contributed by atoms with Gasteiger partial charge in [-0.05, 0) is 49.8 Å². The van der Waals surface area contributed by atoms with Crippen molar-refractivity contribution in [2.24, 2.45) is 17.6 Å². The van der Waals surface area contributed by atoms with Crippen molar-refractivity contribution in [3.05, 3.63) is 52.6 Å². The van der Waals surface area contributed by atoms with E-state index >= 15 is 0 Å². The molecule has 0 saturated carbocycles. The van der Waals surface area contributed by atoms with Crippen molar-refractivity contribution in [3.63, 3.8) is 0 Å². The Balaban J connectivity index is 1.91. The van der Waals surface area contributed by atoms with E-state index in [2.05, 4.69) is 10.6 Å². The zero-order valence-corrected chi connectivity index (χ0v) is 24.1. The number of carboxylic acid groups (broad SMARTS) is 1. The standard InChI is InChI=1S/C30H38N4O7/c1-6-17-10-8-11-18(7-2)24(17)34-26(35)21-22(27(34)36)30(28(37)38,14-9-15-32-29(31)39)33-23(21)19-12-13-20(40-4)16(3)25(19)41-5/h8,10-13,21-23,33H,6-7,9,14-15H2,1-5H3,(H,37,38)(H3,31,32,39). The molecule has 4 unspecified atom stereocenters. The number of nitrogens with one attached hydrogen (secondary N) is 2. The van der Waals surface area contributed by atoms with E-state index < -0.39 is 47.2 Å². The van der Waals surface area contributed by atoms with Gasteiger partial charge in [0.25, 0.3) is 0 Å². The van der Waals surface area contributed by atoms with Crippen LogP contribution in [0.5, 0.6) is 11.5 Å². The van der Waals surface area contributed by atoms with Gasteiger partial charge in [0.2, 0.25) is 11.8 Å². The number of imide groups is 1. The number of hydrogen-bond donors (Lipinski definition) is 4. The summed E-state index contributed by atoms with van der Waals surface area (Å²) in [4.78, 5) is 54.3. The van der Waals surface area contributed by atoms with E-state index in [1.165, 1.54) is 19.1 Å². The minimum Gasteiger partial charge on any atom is -0.496 e. The molecule has 0 bridgehead atoms. The number of carbonyl (C=O) groups excluding carboxylic acids is 3. The van der Waals surface area contributed by atoms with Crippen LogP contribution < -0.4 is 30.7 Å². The number of aliphatic carboxylic acids is 1. The van der Waals surface area contributed by atoms with Gasteiger partial charge in [-0.15, -0.1) is 0 Å². The molecule has 11 heteroatoms. The van der Waals surface area contributed by atoms with Gasteiger partial charge >= 0.3 is 12.0 Å². The van der Waals surface area contributed by atoms with Crippen molar-refractivity contribution >= 4 is 29.5 Å².